The van der Waals surface area contributed by atoms with Crippen LogP contribution in [0.4, 0.5) is 22.0 Å². The Hall–Kier alpha value is -2.97. The summed E-state index contributed by atoms with van der Waals surface area (Å²) in [6.07, 6.45) is -1.30. The first-order chi connectivity index (χ1) is 18.7. The Balaban J connectivity index is 1.49. The summed E-state index contributed by atoms with van der Waals surface area (Å²) in [6, 6.07) is 10.0. The molecule has 5 rings (SSSR count). The molecule has 1 heterocycles. The smallest absolute Gasteiger partial charge is 0.426 e. The van der Waals surface area contributed by atoms with Crippen molar-refractivity contribution in [1.29, 1.82) is 0 Å². The molecule has 4 nitrogen and oxygen atoms in total. The normalized spacial score (nSPS) is 29.8. The average Bonchev–Trinajstić information content (AvgIpc) is 3.28. The third-order valence-electron chi connectivity index (χ3n) is 9.89. The summed E-state index contributed by atoms with van der Waals surface area (Å²) < 4.78 is 69.0. The average molecular weight is 564 g/mol. The molecule has 0 radical (unpaired) electrons. The summed E-state index contributed by atoms with van der Waals surface area (Å²) in [6.45, 7) is 2.71. The number of nitrogens with zero attached hydrogens (tertiary/aromatic N) is 1. The zero-order valence-corrected chi connectivity index (χ0v) is 22.7. The number of benzene rings is 2. The van der Waals surface area contributed by atoms with Crippen molar-refractivity contribution < 1.29 is 36.6 Å². The van der Waals surface area contributed by atoms with Crippen LogP contribution in [-0.2, 0) is 33.5 Å². The van der Waals surface area contributed by atoms with Gasteiger partial charge in [-0.15, -0.1) is 0 Å². The minimum absolute atomic E-state index is 0.00750. The number of carboxylic acid groups (broad SMARTS) is 1. The first-order valence-electron chi connectivity index (χ1n) is 13.9. The van der Waals surface area contributed by atoms with Gasteiger partial charge >= 0.3 is 12.1 Å². The van der Waals surface area contributed by atoms with Gasteiger partial charge in [-0.25, -0.2) is 8.78 Å². The second-order valence-corrected chi connectivity index (χ2v) is 12.3. The van der Waals surface area contributed by atoms with Crippen molar-refractivity contribution >= 4 is 11.9 Å². The largest absolute Gasteiger partial charge is 0.481 e. The highest BCUT2D eigenvalue weighted by Crippen LogP contribution is 2.52. The second kappa shape index (κ2) is 9.84. The fraction of sp³-hybridized carbons (Fsp3) is 0.548. The van der Waals surface area contributed by atoms with Crippen LogP contribution in [0.1, 0.15) is 74.6 Å². The molecule has 9 heteroatoms. The molecule has 40 heavy (non-hydrogen) atoms. The van der Waals surface area contributed by atoms with Gasteiger partial charge in [0, 0.05) is 23.9 Å². The van der Waals surface area contributed by atoms with Crippen LogP contribution in [0.2, 0.25) is 0 Å². The van der Waals surface area contributed by atoms with Crippen molar-refractivity contribution in [1.82, 2.24) is 4.90 Å². The third-order valence-corrected chi connectivity index (χ3v) is 9.89. The number of carbonyl (C=O) groups is 2. The van der Waals surface area contributed by atoms with E-state index in [0.717, 1.165) is 11.1 Å². The maximum absolute atomic E-state index is 14.9. The molecule has 3 atom stereocenters. The number of aryl methyl sites for hydroxylation is 1. The van der Waals surface area contributed by atoms with Gasteiger partial charge in [0.1, 0.15) is 5.82 Å². The summed E-state index contributed by atoms with van der Waals surface area (Å²) in [5, 5.41) is 9.58. The number of amides is 1. The van der Waals surface area contributed by atoms with Crippen molar-refractivity contribution in [2.75, 3.05) is 6.54 Å². The second-order valence-electron chi connectivity index (χ2n) is 12.3. The third kappa shape index (κ3) is 4.69. The van der Waals surface area contributed by atoms with E-state index in [1.54, 1.807) is 25.1 Å². The summed E-state index contributed by atoms with van der Waals surface area (Å²) >= 11 is 0. The molecule has 1 amide bonds. The van der Waals surface area contributed by atoms with E-state index in [1.165, 1.54) is 24.3 Å². The van der Waals surface area contributed by atoms with Gasteiger partial charge in [-0.3, -0.25) is 9.59 Å². The minimum Gasteiger partial charge on any atom is -0.481 e. The topological polar surface area (TPSA) is 57.6 Å². The molecule has 1 unspecified atom stereocenters. The number of alkyl halides is 4. The van der Waals surface area contributed by atoms with E-state index >= 15 is 0 Å². The van der Waals surface area contributed by atoms with E-state index in [2.05, 4.69) is 0 Å². The fourth-order valence-electron chi connectivity index (χ4n) is 7.20. The molecule has 2 aromatic rings. The molecule has 1 aliphatic heterocycles. The van der Waals surface area contributed by atoms with Gasteiger partial charge in [0.25, 0.3) is 0 Å². The highest BCUT2D eigenvalue weighted by atomic mass is 19.4. The maximum Gasteiger partial charge on any atom is 0.426 e. The van der Waals surface area contributed by atoms with Gasteiger partial charge in [0.15, 0.2) is 0 Å². The van der Waals surface area contributed by atoms with E-state index in [0.29, 0.717) is 70.4 Å². The molecule has 2 aromatic carbocycles. The van der Waals surface area contributed by atoms with Gasteiger partial charge in [0.2, 0.25) is 11.6 Å². The van der Waals surface area contributed by atoms with Crippen LogP contribution in [-0.4, -0.2) is 40.6 Å². The summed E-state index contributed by atoms with van der Waals surface area (Å²) in [7, 11) is 0. The molecule has 0 spiro atoms. The lowest BCUT2D eigenvalue weighted by Gasteiger charge is -2.45. The first kappa shape index (κ1) is 28.6. The van der Waals surface area contributed by atoms with E-state index in [9.17, 15) is 36.6 Å². The standard InChI is InChI=1S/C31H34F5NO3/c1-28(27(39)40)13-11-20(12-14-28)26(38)37-16-15-30(18-19-3-7-23(32)8-4-19)24-9-6-22(29(2,33)31(34,35)36)17-21(24)5-10-25(30)37/h3-4,6-9,17,20,25H,5,10-16,18H2,1-2H3,(H,39,40)/t20?,25-,28?,29?,30-/m1/s1. The van der Waals surface area contributed by atoms with Crippen molar-refractivity contribution in [2.24, 2.45) is 11.3 Å². The number of halogens is 5. The lowest BCUT2D eigenvalue weighted by Crippen LogP contribution is -2.51. The van der Waals surface area contributed by atoms with Crippen molar-refractivity contribution in [3.63, 3.8) is 0 Å². The van der Waals surface area contributed by atoms with Gasteiger partial charge < -0.3 is 10.0 Å². The van der Waals surface area contributed by atoms with Crippen molar-refractivity contribution in [2.45, 2.75) is 88.5 Å². The van der Waals surface area contributed by atoms with Crippen LogP contribution in [0, 0.1) is 17.2 Å². The lowest BCUT2D eigenvalue weighted by molar-refractivity contribution is -0.228. The molecule has 1 N–H and O–H groups in total. The molecule has 2 aliphatic carbocycles. The van der Waals surface area contributed by atoms with E-state index in [1.807, 2.05) is 4.90 Å². The minimum atomic E-state index is -5.06. The fourth-order valence-corrected chi connectivity index (χ4v) is 7.20. The van der Waals surface area contributed by atoms with E-state index < -0.39 is 34.2 Å². The molecule has 2 fully saturated rings. The van der Waals surface area contributed by atoms with Crippen molar-refractivity contribution in [3.8, 4) is 0 Å². The van der Waals surface area contributed by atoms with Crippen LogP contribution in [0.3, 0.4) is 0 Å². The Kier molecular flexibility index (Phi) is 7.02. The number of aliphatic carboxylic acids is 1. The van der Waals surface area contributed by atoms with Crippen LogP contribution >= 0.6 is 0 Å². The van der Waals surface area contributed by atoms with Crippen LogP contribution < -0.4 is 0 Å². The number of hydrogen-bond donors (Lipinski definition) is 1. The van der Waals surface area contributed by atoms with Gasteiger partial charge in [-0.1, -0.05) is 30.3 Å². The van der Waals surface area contributed by atoms with Gasteiger partial charge in [0.05, 0.1) is 5.41 Å². The Bertz CT molecular complexity index is 1300. The number of rotatable bonds is 5. The number of hydrogen-bond acceptors (Lipinski definition) is 2. The van der Waals surface area contributed by atoms with Crippen LogP contribution in [0.5, 0.6) is 0 Å². The molecule has 0 bridgehead atoms. The highest BCUT2D eigenvalue weighted by molar-refractivity contribution is 5.81. The van der Waals surface area contributed by atoms with Crippen LogP contribution in [0.25, 0.3) is 0 Å². The molecule has 1 saturated heterocycles. The molecular weight excluding hydrogens is 529 g/mol. The molecule has 1 saturated carbocycles. The SMILES string of the molecule is CC1(C(=O)O)CCC(C(=O)N2CC[C@@]3(Cc4ccc(F)cc4)c4ccc(C(C)(F)C(F)(F)F)cc4CC[C@@H]23)CC1. The summed E-state index contributed by atoms with van der Waals surface area (Å²) in [5.41, 5.74) is -3.08. The van der Waals surface area contributed by atoms with E-state index in [-0.39, 0.29) is 23.7 Å². The molecular formula is C31H34F5NO3. The summed E-state index contributed by atoms with van der Waals surface area (Å²) in [4.78, 5) is 27.4. The Morgan fingerprint density at radius 2 is 1.65 bits per heavy atom. The highest BCUT2D eigenvalue weighted by Gasteiger charge is 2.56. The van der Waals surface area contributed by atoms with Crippen LogP contribution in [0.15, 0.2) is 42.5 Å². The number of carboxylic acids is 1. The van der Waals surface area contributed by atoms with E-state index in [4.69, 9.17) is 0 Å². The number of likely N-dealkylation sites (tertiary alicyclic amines) is 1. The number of carbonyl (C=O) groups excluding carboxylic acids is 1. The van der Waals surface area contributed by atoms with Gasteiger partial charge in [-0.2, -0.15) is 13.2 Å². The monoisotopic (exact) mass is 563 g/mol. The van der Waals surface area contributed by atoms with Gasteiger partial charge in [-0.05, 0) is 99.6 Å². The summed E-state index contributed by atoms with van der Waals surface area (Å²) in [5.74, 6) is -1.52. The Morgan fingerprint density at radius 1 is 1.00 bits per heavy atom. The zero-order valence-electron chi connectivity index (χ0n) is 22.7. The first-order valence-corrected chi connectivity index (χ1v) is 13.9. The lowest BCUT2D eigenvalue weighted by atomic mass is 9.63. The Labute approximate surface area is 230 Å². The van der Waals surface area contributed by atoms with Crippen molar-refractivity contribution in [3.05, 3.63) is 70.5 Å². The predicted octanol–water partition coefficient (Wildman–Crippen LogP) is 6.88. The predicted molar refractivity (Wildman–Crippen MR) is 139 cm³/mol. The molecule has 216 valence electrons. The quantitative estimate of drug-likeness (QED) is 0.404. The Morgan fingerprint density at radius 3 is 2.25 bits per heavy atom. The molecule has 0 aromatic heterocycles. The maximum atomic E-state index is 14.9. The zero-order chi connectivity index (χ0) is 29.1. The molecule has 3 aliphatic rings. The number of fused-ring (bicyclic) bond motifs is 3.